The van der Waals surface area contributed by atoms with E-state index in [1.807, 2.05) is 35.5 Å². The molecule has 0 bridgehead atoms. The number of pyridine rings is 1. The molecule has 3 aromatic heterocycles. The molecule has 1 fully saturated rings. The van der Waals surface area contributed by atoms with Crippen molar-refractivity contribution in [1.29, 1.82) is 0 Å². The van der Waals surface area contributed by atoms with Gasteiger partial charge in [0.15, 0.2) is 5.82 Å². The molecule has 0 radical (unpaired) electrons. The Kier molecular flexibility index (Phi) is 4.31. The summed E-state index contributed by atoms with van der Waals surface area (Å²) in [6.45, 7) is 3.59. The van der Waals surface area contributed by atoms with Gasteiger partial charge in [-0.1, -0.05) is 0 Å². The topological polar surface area (TPSA) is 63.9 Å². The van der Waals surface area contributed by atoms with Crippen LogP contribution in [0.1, 0.15) is 39.0 Å². The van der Waals surface area contributed by atoms with Crippen LogP contribution < -0.4 is 0 Å². The van der Waals surface area contributed by atoms with Crippen LogP contribution in [0, 0.1) is 6.92 Å². The molecule has 0 spiro atoms. The minimum absolute atomic E-state index is 0.0393. The molecule has 1 atom stereocenters. The van der Waals surface area contributed by atoms with Crippen LogP contribution in [-0.4, -0.2) is 43.6 Å². The molecule has 4 rings (SSSR count). The standard InChI is InChI=1S/C18H19N5OS/c1-13-10-20-17(25-13)15-4-2-8-22(12-15)18(24)14-5-6-16(19-11-14)23-9-3-7-21-23/h3,5-7,9-11,15H,2,4,8,12H2,1H3/t15-/m0/s1. The van der Waals surface area contributed by atoms with Crippen molar-refractivity contribution in [2.75, 3.05) is 13.1 Å². The molecule has 7 heteroatoms. The van der Waals surface area contributed by atoms with Gasteiger partial charge in [0.05, 0.1) is 10.6 Å². The summed E-state index contributed by atoms with van der Waals surface area (Å²) in [6, 6.07) is 5.49. The molecule has 1 aliphatic heterocycles. The van der Waals surface area contributed by atoms with Crippen LogP contribution in [0.5, 0.6) is 0 Å². The second kappa shape index (κ2) is 6.76. The first-order chi connectivity index (χ1) is 12.2. The largest absolute Gasteiger partial charge is 0.338 e. The second-order valence-corrected chi connectivity index (χ2v) is 7.52. The van der Waals surface area contributed by atoms with E-state index in [4.69, 9.17) is 0 Å². The molecule has 6 nitrogen and oxygen atoms in total. The van der Waals surface area contributed by atoms with Crippen molar-refractivity contribution in [3.8, 4) is 5.82 Å². The Balaban J connectivity index is 1.48. The fourth-order valence-corrected chi connectivity index (χ4v) is 4.06. The number of aryl methyl sites for hydroxylation is 1. The molecular weight excluding hydrogens is 334 g/mol. The molecule has 4 heterocycles. The zero-order chi connectivity index (χ0) is 17.2. The number of nitrogens with zero attached hydrogens (tertiary/aromatic N) is 5. The number of amides is 1. The molecule has 0 aromatic carbocycles. The SMILES string of the molecule is Cc1cnc([C@H]2CCCN(C(=O)c3ccc(-n4cccn4)nc3)C2)s1. The van der Waals surface area contributed by atoms with Crippen LogP contribution in [-0.2, 0) is 0 Å². The molecule has 0 unspecified atom stereocenters. The smallest absolute Gasteiger partial charge is 0.255 e. The Labute approximate surface area is 150 Å². The van der Waals surface area contributed by atoms with Crippen molar-refractivity contribution in [2.45, 2.75) is 25.7 Å². The van der Waals surface area contributed by atoms with Crippen LogP contribution in [0.4, 0.5) is 0 Å². The molecule has 0 N–H and O–H groups in total. The van der Waals surface area contributed by atoms with Gasteiger partial charge in [0.2, 0.25) is 0 Å². The summed E-state index contributed by atoms with van der Waals surface area (Å²) in [5.74, 6) is 1.08. The summed E-state index contributed by atoms with van der Waals surface area (Å²) in [5, 5.41) is 5.29. The van der Waals surface area contributed by atoms with Crippen molar-refractivity contribution >= 4 is 17.2 Å². The number of carbonyl (C=O) groups excluding carboxylic acids is 1. The summed E-state index contributed by atoms with van der Waals surface area (Å²) in [7, 11) is 0. The Hall–Kier alpha value is -2.54. The van der Waals surface area contributed by atoms with Gasteiger partial charge in [-0.2, -0.15) is 5.10 Å². The molecule has 0 aliphatic carbocycles. The maximum absolute atomic E-state index is 12.8. The number of piperidine rings is 1. The fraction of sp³-hybridized carbons (Fsp3) is 0.333. The maximum Gasteiger partial charge on any atom is 0.255 e. The lowest BCUT2D eigenvalue weighted by Gasteiger charge is -2.31. The molecule has 25 heavy (non-hydrogen) atoms. The number of rotatable bonds is 3. The predicted molar refractivity (Wildman–Crippen MR) is 96.1 cm³/mol. The van der Waals surface area contributed by atoms with Crippen molar-refractivity contribution in [3.63, 3.8) is 0 Å². The van der Waals surface area contributed by atoms with Gasteiger partial charge in [0.25, 0.3) is 5.91 Å². The van der Waals surface area contributed by atoms with Crippen LogP contribution in [0.15, 0.2) is 43.0 Å². The Bertz CT molecular complexity index is 856. The lowest BCUT2D eigenvalue weighted by atomic mass is 9.98. The summed E-state index contributed by atoms with van der Waals surface area (Å²) in [4.78, 5) is 24.8. The molecule has 0 saturated carbocycles. The van der Waals surface area contributed by atoms with Crippen LogP contribution >= 0.6 is 11.3 Å². The summed E-state index contributed by atoms with van der Waals surface area (Å²) in [6.07, 6.45) is 9.18. The van der Waals surface area contributed by atoms with E-state index in [1.165, 1.54) is 4.88 Å². The third-order valence-corrected chi connectivity index (χ3v) is 5.51. The van der Waals surface area contributed by atoms with Crippen molar-refractivity contribution < 1.29 is 4.79 Å². The molecule has 3 aromatic rings. The highest BCUT2D eigenvalue weighted by Crippen LogP contribution is 2.30. The van der Waals surface area contributed by atoms with Crippen LogP contribution in [0.3, 0.4) is 0 Å². The van der Waals surface area contributed by atoms with Gasteiger partial charge in [-0.15, -0.1) is 11.3 Å². The Morgan fingerprint density at radius 3 is 2.88 bits per heavy atom. The first-order valence-electron chi connectivity index (χ1n) is 8.38. The van der Waals surface area contributed by atoms with Gasteiger partial charge in [-0.25, -0.2) is 14.6 Å². The van der Waals surface area contributed by atoms with E-state index >= 15 is 0 Å². The maximum atomic E-state index is 12.8. The summed E-state index contributed by atoms with van der Waals surface area (Å²) in [5.41, 5.74) is 0.617. The zero-order valence-corrected chi connectivity index (χ0v) is 14.8. The summed E-state index contributed by atoms with van der Waals surface area (Å²) >= 11 is 1.73. The number of aromatic nitrogens is 4. The highest BCUT2D eigenvalue weighted by atomic mass is 32.1. The van der Waals surface area contributed by atoms with Gasteiger partial charge in [0.1, 0.15) is 0 Å². The average Bonchev–Trinajstić information content (AvgIpc) is 3.33. The number of likely N-dealkylation sites (tertiary alicyclic amines) is 1. The van der Waals surface area contributed by atoms with E-state index in [0.717, 1.165) is 30.9 Å². The Morgan fingerprint density at radius 2 is 2.20 bits per heavy atom. The van der Waals surface area contributed by atoms with E-state index in [2.05, 4.69) is 22.0 Å². The molecule has 128 valence electrons. The zero-order valence-electron chi connectivity index (χ0n) is 14.0. The van der Waals surface area contributed by atoms with Crippen LogP contribution in [0.25, 0.3) is 5.82 Å². The molecule has 1 aliphatic rings. The number of thiazole rings is 1. The quantitative estimate of drug-likeness (QED) is 0.726. The van der Waals surface area contributed by atoms with Crippen molar-refractivity contribution in [1.82, 2.24) is 24.6 Å². The normalized spacial score (nSPS) is 17.6. The number of carbonyl (C=O) groups is 1. The van der Waals surface area contributed by atoms with Crippen molar-refractivity contribution in [2.24, 2.45) is 0 Å². The van der Waals surface area contributed by atoms with E-state index in [-0.39, 0.29) is 5.91 Å². The minimum Gasteiger partial charge on any atom is -0.338 e. The van der Waals surface area contributed by atoms with Gasteiger partial charge >= 0.3 is 0 Å². The minimum atomic E-state index is 0.0393. The van der Waals surface area contributed by atoms with Gasteiger partial charge < -0.3 is 4.90 Å². The van der Waals surface area contributed by atoms with Crippen molar-refractivity contribution in [3.05, 3.63) is 58.4 Å². The molecule has 1 amide bonds. The summed E-state index contributed by atoms with van der Waals surface area (Å²) < 4.78 is 1.68. The average molecular weight is 353 g/mol. The first kappa shape index (κ1) is 16.0. The lowest BCUT2D eigenvalue weighted by Crippen LogP contribution is -2.39. The van der Waals surface area contributed by atoms with Gasteiger partial charge in [-0.05, 0) is 38.0 Å². The highest BCUT2D eigenvalue weighted by molar-refractivity contribution is 7.11. The fourth-order valence-electron chi connectivity index (χ4n) is 3.16. The monoisotopic (exact) mass is 353 g/mol. The lowest BCUT2D eigenvalue weighted by molar-refractivity contribution is 0.0706. The highest BCUT2D eigenvalue weighted by Gasteiger charge is 2.27. The van der Waals surface area contributed by atoms with E-state index < -0.39 is 0 Å². The van der Waals surface area contributed by atoms with E-state index in [1.54, 1.807) is 28.4 Å². The first-order valence-corrected chi connectivity index (χ1v) is 9.20. The van der Waals surface area contributed by atoms with Crippen LogP contribution in [0.2, 0.25) is 0 Å². The second-order valence-electron chi connectivity index (χ2n) is 6.26. The third-order valence-electron chi connectivity index (χ3n) is 4.43. The number of hydrogen-bond donors (Lipinski definition) is 0. The predicted octanol–water partition coefficient (Wildman–Crippen LogP) is 3.05. The molecule has 1 saturated heterocycles. The molecular formula is C18H19N5OS. The van der Waals surface area contributed by atoms with Gasteiger partial charge in [0, 0.05) is 48.7 Å². The van der Waals surface area contributed by atoms with E-state index in [9.17, 15) is 4.79 Å². The number of hydrogen-bond acceptors (Lipinski definition) is 5. The Morgan fingerprint density at radius 1 is 1.28 bits per heavy atom. The van der Waals surface area contributed by atoms with E-state index in [0.29, 0.717) is 17.3 Å². The third kappa shape index (κ3) is 3.32. The van der Waals surface area contributed by atoms with Gasteiger partial charge in [-0.3, -0.25) is 4.79 Å².